The number of nitro benzene ring substituents is 1. The van der Waals surface area contributed by atoms with Crippen LogP contribution in [0.4, 0.5) is 5.69 Å². The summed E-state index contributed by atoms with van der Waals surface area (Å²) in [5, 5.41) is 22.7. The molecule has 0 radical (unpaired) electrons. The Balaban J connectivity index is 2.70. The van der Waals surface area contributed by atoms with E-state index in [4.69, 9.17) is 0 Å². The molecule has 0 spiro atoms. The number of hydrogen-bond donors (Lipinski definition) is 2. The summed E-state index contributed by atoms with van der Waals surface area (Å²) >= 11 is 0. The highest BCUT2D eigenvalue weighted by Crippen LogP contribution is 2.17. The third-order valence-electron chi connectivity index (χ3n) is 2.47. The van der Waals surface area contributed by atoms with Crippen LogP contribution in [0.1, 0.15) is 30.1 Å². The fraction of sp³-hybridized carbons (Fsp3) is 0.417. The van der Waals surface area contributed by atoms with Gasteiger partial charge in [-0.3, -0.25) is 14.9 Å². The molecule has 6 heteroatoms. The lowest BCUT2D eigenvalue weighted by Crippen LogP contribution is -2.32. The molecule has 0 heterocycles. The molecule has 0 fully saturated rings. The number of nitro groups is 1. The quantitative estimate of drug-likeness (QED) is 0.592. The Morgan fingerprint density at radius 2 is 2.17 bits per heavy atom. The minimum Gasteiger partial charge on any atom is -0.391 e. The number of carbonyl (C=O) groups excluding carboxylic acids is 1. The van der Waals surface area contributed by atoms with Crippen molar-refractivity contribution in [3.05, 3.63) is 39.9 Å². The van der Waals surface area contributed by atoms with Gasteiger partial charge >= 0.3 is 0 Å². The number of aliphatic hydroxyl groups excluding tert-OH is 1. The molecular formula is C12H16N2O4. The fourth-order valence-electron chi connectivity index (χ4n) is 1.57. The molecule has 98 valence electrons. The third-order valence-corrected chi connectivity index (χ3v) is 2.47. The van der Waals surface area contributed by atoms with Gasteiger partial charge in [-0.25, -0.2) is 0 Å². The molecule has 1 rings (SSSR count). The fourth-order valence-corrected chi connectivity index (χ4v) is 1.57. The van der Waals surface area contributed by atoms with E-state index in [-0.39, 0.29) is 17.8 Å². The number of carbonyl (C=O) groups is 1. The Morgan fingerprint density at radius 1 is 1.50 bits per heavy atom. The van der Waals surface area contributed by atoms with Gasteiger partial charge in [0.2, 0.25) is 0 Å². The second kappa shape index (κ2) is 6.70. The predicted molar refractivity (Wildman–Crippen MR) is 66.3 cm³/mol. The Morgan fingerprint density at radius 3 is 2.78 bits per heavy atom. The number of nitrogens with zero attached hydrogens (tertiary/aromatic N) is 1. The van der Waals surface area contributed by atoms with Crippen LogP contribution in [-0.4, -0.2) is 28.6 Å². The lowest BCUT2D eigenvalue weighted by atomic mass is 10.1. The summed E-state index contributed by atoms with van der Waals surface area (Å²) in [6.07, 6.45) is 0.765. The van der Waals surface area contributed by atoms with E-state index >= 15 is 0 Å². The van der Waals surface area contributed by atoms with Crippen molar-refractivity contribution >= 4 is 11.6 Å². The van der Waals surface area contributed by atoms with Gasteiger partial charge in [0.15, 0.2) is 0 Å². The van der Waals surface area contributed by atoms with Gasteiger partial charge in [0.1, 0.15) is 5.56 Å². The zero-order valence-corrected chi connectivity index (χ0v) is 10.1. The average Bonchev–Trinajstić information content (AvgIpc) is 2.36. The molecule has 1 amide bonds. The molecule has 0 aromatic heterocycles. The van der Waals surface area contributed by atoms with Crippen molar-refractivity contribution in [2.24, 2.45) is 0 Å². The second-order valence-electron chi connectivity index (χ2n) is 3.93. The topological polar surface area (TPSA) is 92.5 Å². The molecule has 0 aliphatic heterocycles. The Hall–Kier alpha value is -1.95. The number of nitrogens with one attached hydrogen (secondary N) is 1. The number of amides is 1. The van der Waals surface area contributed by atoms with Gasteiger partial charge in [-0.15, -0.1) is 0 Å². The van der Waals surface area contributed by atoms with E-state index in [0.29, 0.717) is 6.42 Å². The average molecular weight is 252 g/mol. The largest absolute Gasteiger partial charge is 0.391 e. The van der Waals surface area contributed by atoms with E-state index in [0.717, 1.165) is 6.42 Å². The second-order valence-corrected chi connectivity index (χ2v) is 3.93. The normalized spacial score (nSPS) is 11.9. The van der Waals surface area contributed by atoms with Crippen molar-refractivity contribution in [2.45, 2.75) is 25.9 Å². The molecule has 0 saturated carbocycles. The van der Waals surface area contributed by atoms with E-state index < -0.39 is 16.9 Å². The number of rotatable bonds is 6. The summed E-state index contributed by atoms with van der Waals surface area (Å²) in [7, 11) is 0. The summed E-state index contributed by atoms with van der Waals surface area (Å²) in [4.78, 5) is 21.9. The molecule has 6 nitrogen and oxygen atoms in total. The van der Waals surface area contributed by atoms with E-state index in [9.17, 15) is 20.0 Å². The summed E-state index contributed by atoms with van der Waals surface area (Å²) in [5.41, 5.74) is -0.230. The van der Waals surface area contributed by atoms with Crippen LogP contribution in [0.15, 0.2) is 24.3 Å². The molecule has 1 atom stereocenters. The van der Waals surface area contributed by atoms with E-state index in [1.54, 1.807) is 6.07 Å². The van der Waals surface area contributed by atoms with Crippen LogP contribution in [0.3, 0.4) is 0 Å². The van der Waals surface area contributed by atoms with Crippen LogP contribution < -0.4 is 5.32 Å². The summed E-state index contributed by atoms with van der Waals surface area (Å²) in [6.45, 7) is 2.02. The number of para-hydroxylation sites is 1. The van der Waals surface area contributed by atoms with Crippen LogP contribution in [0, 0.1) is 10.1 Å². The number of aliphatic hydroxyl groups is 1. The predicted octanol–water partition coefficient (Wildman–Crippen LogP) is 1.49. The van der Waals surface area contributed by atoms with Crippen molar-refractivity contribution in [1.82, 2.24) is 5.32 Å². The van der Waals surface area contributed by atoms with Crippen molar-refractivity contribution in [3.63, 3.8) is 0 Å². The van der Waals surface area contributed by atoms with Crippen LogP contribution >= 0.6 is 0 Å². The third kappa shape index (κ3) is 3.81. The van der Waals surface area contributed by atoms with Crippen LogP contribution in [0.5, 0.6) is 0 Å². The smallest absolute Gasteiger partial charge is 0.282 e. The molecule has 0 saturated heterocycles. The van der Waals surface area contributed by atoms with E-state index in [1.807, 2.05) is 6.92 Å². The van der Waals surface area contributed by atoms with Gasteiger partial charge < -0.3 is 10.4 Å². The van der Waals surface area contributed by atoms with Gasteiger partial charge in [0.05, 0.1) is 11.0 Å². The van der Waals surface area contributed by atoms with E-state index in [1.165, 1.54) is 18.2 Å². The van der Waals surface area contributed by atoms with Crippen LogP contribution in [-0.2, 0) is 0 Å². The highest BCUT2D eigenvalue weighted by molar-refractivity contribution is 5.98. The zero-order valence-electron chi connectivity index (χ0n) is 10.1. The molecule has 18 heavy (non-hydrogen) atoms. The summed E-state index contributed by atoms with van der Waals surface area (Å²) < 4.78 is 0. The van der Waals surface area contributed by atoms with Gasteiger partial charge in [0.25, 0.3) is 11.6 Å². The van der Waals surface area contributed by atoms with Crippen molar-refractivity contribution < 1.29 is 14.8 Å². The van der Waals surface area contributed by atoms with Gasteiger partial charge in [0, 0.05) is 12.6 Å². The first-order valence-corrected chi connectivity index (χ1v) is 5.76. The zero-order chi connectivity index (χ0) is 13.5. The van der Waals surface area contributed by atoms with Crippen LogP contribution in [0.2, 0.25) is 0 Å². The lowest BCUT2D eigenvalue weighted by molar-refractivity contribution is -0.385. The minimum atomic E-state index is -0.623. The Bertz CT molecular complexity index is 434. The monoisotopic (exact) mass is 252 g/mol. The lowest BCUT2D eigenvalue weighted by Gasteiger charge is -2.10. The SMILES string of the molecule is CCCC(O)CNC(=O)c1ccccc1[N+](=O)[O-]. The van der Waals surface area contributed by atoms with Gasteiger partial charge in [-0.1, -0.05) is 25.5 Å². The Kier molecular flexibility index (Phi) is 5.26. The number of hydrogen-bond acceptors (Lipinski definition) is 4. The first-order valence-electron chi connectivity index (χ1n) is 5.76. The molecular weight excluding hydrogens is 236 g/mol. The summed E-state index contributed by atoms with van der Waals surface area (Å²) in [5.74, 6) is -0.544. The Labute approximate surface area is 105 Å². The molecule has 1 unspecified atom stereocenters. The summed E-state index contributed by atoms with van der Waals surface area (Å²) in [6, 6.07) is 5.72. The minimum absolute atomic E-state index is 0.00574. The molecule has 1 aromatic rings. The maximum atomic E-state index is 11.8. The first kappa shape index (κ1) is 14.1. The van der Waals surface area contributed by atoms with Crippen molar-refractivity contribution in [3.8, 4) is 0 Å². The van der Waals surface area contributed by atoms with Gasteiger partial charge in [-0.2, -0.15) is 0 Å². The first-order chi connectivity index (χ1) is 8.56. The standard InChI is InChI=1S/C12H16N2O4/c1-2-5-9(15)8-13-12(16)10-6-3-4-7-11(10)14(17)18/h3-4,6-7,9,15H,2,5,8H2,1H3,(H,13,16). The molecule has 0 aliphatic carbocycles. The highest BCUT2D eigenvalue weighted by Gasteiger charge is 2.19. The van der Waals surface area contributed by atoms with E-state index in [2.05, 4.69) is 5.32 Å². The van der Waals surface area contributed by atoms with Crippen LogP contribution in [0.25, 0.3) is 0 Å². The number of benzene rings is 1. The van der Waals surface area contributed by atoms with Crippen molar-refractivity contribution in [1.29, 1.82) is 0 Å². The van der Waals surface area contributed by atoms with Gasteiger partial charge in [-0.05, 0) is 12.5 Å². The maximum absolute atomic E-state index is 11.8. The molecule has 1 aromatic carbocycles. The molecule has 0 bridgehead atoms. The highest BCUT2D eigenvalue weighted by atomic mass is 16.6. The van der Waals surface area contributed by atoms with Crippen molar-refractivity contribution in [2.75, 3.05) is 6.54 Å². The molecule has 0 aliphatic rings. The maximum Gasteiger partial charge on any atom is 0.282 e. The molecule has 2 N–H and O–H groups in total.